The summed E-state index contributed by atoms with van der Waals surface area (Å²) in [6.07, 6.45) is 0. The van der Waals surface area contributed by atoms with E-state index >= 15 is 0 Å². The first kappa shape index (κ1) is 13.1. The summed E-state index contributed by atoms with van der Waals surface area (Å²) in [4.78, 5) is 10.6. The zero-order valence-electron chi connectivity index (χ0n) is 11.3. The standard InChI is InChI=1S/C14H19N5/c1-3-16-12-10-13(18-14(15)17-12)19(4-2)11-8-6-5-7-9-11/h5-10H,3-4H2,1-2H3,(H3,15,16,17,18). The second-order valence-electron chi connectivity index (χ2n) is 4.08. The molecule has 19 heavy (non-hydrogen) atoms. The summed E-state index contributed by atoms with van der Waals surface area (Å²) in [7, 11) is 0. The zero-order chi connectivity index (χ0) is 13.7. The highest BCUT2D eigenvalue weighted by Gasteiger charge is 2.10. The van der Waals surface area contributed by atoms with Crippen LogP contribution in [-0.4, -0.2) is 23.1 Å². The van der Waals surface area contributed by atoms with Crippen molar-refractivity contribution in [2.24, 2.45) is 0 Å². The van der Waals surface area contributed by atoms with Crippen LogP contribution in [0.2, 0.25) is 0 Å². The van der Waals surface area contributed by atoms with Crippen molar-refractivity contribution in [1.29, 1.82) is 0 Å². The van der Waals surface area contributed by atoms with E-state index in [1.54, 1.807) is 0 Å². The molecule has 0 aliphatic carbocycles. The van der Waals surface area contributed by atoms with Crippen LogP contribution in [0.4, 0.5) is 23.3 Å². The summed E-state index contributed by atoms with van der Waals surface area (Å²) in [5.41, 5.74) is 6.86. The molecule has 3 N–H and O–H groups in total. The molecule has 0 radical (unpaired) electrons. The number of nitrogens with two attached hydrogens (primary N) is 1. The van der Waals surface area contributed by atoms with Crippen LogP contribution < -0.4 is 16.0 Å². The van der Waals surface area contributed by atoms with E-state index in [9.17, 15) is 0 Å². The molecule has 0 saturated heterocycles. The molecule has 2 aromatic rings. The first-order valence-corrected chi connectivity index (χ1v) is 6.45. The fourth-order valence-electron chi connectivity index (χ4n) is 1.95. The van der Waals surface area contributed by atoms with Crippen molar-refractivity contribution < 1.29 is 0 Å². The van der Waals surface area contributed by atoms with Crippen molar-refractivity contribution in [1.82, 2.24) is 9.97 Å². The fourth-order valence-corrected chi connectivity index (χ4v) is 1.95. The average molecular weight is 257 g/mol. The lowest BCUT2D eigenvalue weighted by Gasteiger charge is -2.22. The lowest BCUT2D eigenvalue weighted by molar-refractivity contribution is 0.979. The van der Waals surface area contributed by atoms with Crippen molar-refractivity contribution in [3.63, 3.8) is 0 Å². The molecule has 0 spiro atoms. The van der Waals surface area contributed by atoms with E-state index in [0.717, 1.165) is 30.4 Å². The van der Waals surface area contributed by atoms with E-state index in [1.807, 2.05) is 31.2 Å². The van der Waals surface area contributed by atoms with Gasteiger partial charge in [0.1, 0.15) is 11.6 Å². The number of nitrogen functional groups attached to an aromatic ring is 1. The summed E-state index contributed by atoms with van der Waals surface area (Å²) >= 11 is 0. The number of anilines is 4. The van der Waals surface area contributed by atoms with E-state index < -0.39 is 0 Å². The molecule has 0 fully saturated rings. The minimum Gasteiger partial charge on any atom is -0.370 e. The van der Waals surface area contributed by atoms with Crippen LogP contribution in [0, 0.1) is 0 Å². The van der Waals surface area contributed by atoms with E-state index in [4.69, 9.17) is 5.73 Å². The molecule has 0 aliphatic heterocycles. The van der Waals surface area contributed by atoms with Gasteiger partial charge in [0, 0.05) is 24.8 Å². The SMILES string of the molecule is CCNc1cc(N(CC)c2ccccc2)nc(N)n1. The summed E-state index contributed by atoms with van der Waals surface area (Å²) < 4.78 is 0. The molecule has 2 rings (SSSR count). The van der Waals surface area contributed by atoms with Crippen LogP contribution in [0.15, 0.2) is 36.4 Å². The predicted octanol–water partition coefficient (Wildman–Crippen LogP) is 2.65. The minimum absolute atomic E-state index is 0.280. The van der Waals surface area contributed by atoms with Gasteiger partial charge < -0.3 is 16.0 Å². The highest BCUT2D eigenvalue weighted by molar-refractivity contribution is 5.63. The van der Waals surface area contributed by atoms with Crippen molar-refractivity contribution in [2.75, 3.05) is 29.0 Å². The van der Waals surface area contributed by atoms with Gasteiger partial charge >= 0.3 is 0 Å². The van der Waals surface area contributed by atoms with Gasteiger partial charge in [0.25, 0.3) is 0 Å². The third-order valence-electron chi connectivity index (χ3n) is 2.75. The summed E-state index contributed by atoms with van der Waals surface area (Å²) in [5.74, 6) is 1.83. The van der Waals surface area contributed by atoms with Gasteiger partial charge in [-0.1, -0.05) is 18.2 Å². The third-order valence-corrected chi connectivity index (χ3v) is 2.75. The number of aromatic nitrogens is 2. The topological polar surface area (TPSA) is 67.1 Å². The lowest BCUT2D eigenvalue weighted by Crippen LogP contribution is -2.18. The molecule has 0 unspecified atom stereocenters. The van der Waals surface area contributed by atoms with Crippen LogP contribution in [0.5, 0.6) is 0 Å². The number of benzene rings is 1. The van der Waals surface area contributed by atoms with Crippen LogP contribution in [0.1, 0.15) is 13.8 Å². The number of hydrogen-bond acceptors (Lipinski definition) is 5. The normalized spacial score (nSPS) is 10.2. The van der Waals surface area contributed by atoms with E-state index in [1.165, 1.54) is 0 Å². The molecular weight excluding hydrogens is 238 g/mol. The largest absolute Gasteiger partial charge is 0.370 e. The molecule has 0 amide bonds. The van der Waals surface area contributed by atoms with Gasteiger partial charge in [-0.15, -0.1) is 0 Å². The Morgan fingerprint density at radius 3 is 2.53 bits per heavy atom. The Hall–Kier alpha value is -2.30. The quantitative estimate of drug-likeness (QED) is 0.862. The summed E-state index contributed by atoms with van der Waals surface area (Å²) in [6, 6.07) is 12.0. The van der Waals surface area contributed by atoms with Crippen molar-refractivity contribution in [2.45, 2.75) is 13.8 Å². The molecule has 1 aromatic heterocycles. The Morgan fingerprint density at radius 2 is 1.89 bits per heavy atom. The van der Waals surface area contributed by atoms with E-state index in [0.29, 0.717) is 0 Å². The Balaban J connectivity index is 2.38. The smallest absolute Gasteiger partial charge is 0.223 e. The van der Waals surface area contributed by atoms with Gasteiger partial charge in [-0.2, -0.15) is 9.97 Å². The molecule has 0 atom stereocenters. The number of hydrogen-bond donors (Lipinski definition) is 2. The van der Waals surface area contributed by atoms with E-state index in [-0.39, 0.29) is 5.95 Å². The molecule has 1 heterocycles. The maximum Gasteiger partial charge on any atom is 0.223 e. The molecule has 0 bridgehead atoms. The monoisotopic (exact) mass is 257 g/mol. The lowest BCUT2D eigenvalue weighted by atomic mass is 10.3. The number of para-hydroxylation sites is 1. The highest BCUT2D eigenvalue weighted by atomic mass is 15.2. The molecule has 0 aliphatic rings. The number of rotatable bonds is 5. The van der Waals surface area contributed by atoms with Crippen LogP contribution >= 0.6 is 0 Å². The van der Waals surface area contributed by atoms with Gasteiger partial charge in [-0.3, -0.25) is 0 Å². The van der Waals surface area contributed by atoms with Gasteiger partial charge in [0.15, 0.2) is 0 Å². The zero-order valence-corrected chi connectivity index (χ0v) is 11.3. The maximum atomic E-state index is 5.77. The number of nitrogens with zero attached hydrogens (tertiary/aromatic N) is 3. The van der Waals surface area contributed by atoms with Crippen molar-refractivity contribution in [3.8, 4) is 0 Å². The Bertz CT molecular complexity index is 527. The molecule has 1 aromatic carbocycles. The second-order valence-corrected chi connectivity index (χ2v) is 4.08. The van der Waals surface area contributed by atoms with Crippen molar-refractivity contribution in [3.05, 3.63) is 36.4 Å². The molecule has 100 valence electrons. The van der Waals surface area contributed by atoms with Crippen LogP contribution in [-0.2, 0) is 0 Å². The number of nitrogens with one attached hydrogen (secondary N) is 1. The van der Waals surface area contributed by atoms with Crippen LogP contribution in [0.25, 0.3) is 0 Å². The second kappa shape index (κ2) is 6.04. The van der Waals surface area contributed by atoms with Gasteiger partial charge in [-0.25, -0.2) is 0 Å². The minimum atomic E-state index is 0.280. The first-order chi connectivity index (χ1) is 9.24. The Labute approximate surface area is 113 Å². The molecular formula is C14H19N5. The van der Waals surface area contributed by atoms with Gasteiger partial charge in [0.2, 0.25) is 5.95 Å². The molecule has 5 nitrogen and oxygen atoms in total. The van der Waals surface area contributed by atoms with Gasteiger partial charge in [-0.05, 0) is 26.0 Å². The van der Waals surface area contributed by atoms with Crippen molar-refractivity contribution >= 4 is 23.3 Å². The Morgan fingerprint density at radius 1 is 1.16 bits per heavy atom. The predicted molar refractivity (Wildman–Crippen MR) is 79.7 cm³/mol. The van der Waals surface area contributed by atoms with Crippen LogP contribution in [0.3, 0.4) is 0 Å². The summed E-state index contributed by atoms with van der Waals surface area (Å²) in [6.45, 7) is 5.71. The first-order valence-electron chi connectivity index (χ1n) is 6.45. The average Bonchev–Trinajstić information content (AvgIpc) is 2.40. The van der Waals surface area contributed by atoms with E-state index in [2.05, 4.69) is 39.2 Å². The molecule has 5 heteroatoms. The third kappa shape index (κ3) is 3.13. The highest BCUT2D eigenvalue weighted by Crippen LogP contribution is 2.25. The molecule has 0 saturated carbocycles. The Kier molecular flexibility index (Phi) is 4.18. The maximum absolute atomic E-state index is 5.77. The fraction of sp³-hybridized carbons (Fsp3) is 0.286. The van der Waals surface area contributed by atoms with Gasteiger partial charge in [0.05, 0.1) is 0 Å². The summed E-state index contributed by atoms with van der Waals surface area (Å²) in [5, 5.41) is 3.16.